The number of anilines is 7. The van der Waals surface area contributed by atoms with Crippen LogP contribution in [0.3, 0.4) is 0 Å². The third-order valence-corrected chi connectivity index (χ3v) is 15.2. The second kappa shape index (κ2) is 17.4. The summed E-state index contributed by atoms with van der Waals surface area (Å²) in [6.45, 7) is 0. The van der Waals surface area contributed by atoms with E-state index in [0.29, 0.717) is 0 Å². The van der Waals surface area contributed by atoms with Gasteiger partial charge in [-0.05, 0) is 125 Å². The van der Waals surface area contributed by atoms with E-state index in [-0.39, 0.29) is 18.0 Å². The van der Waals surface area contributed by atoms with Gasteiger partial charge in [-0.15, -0.1) is 0 Å². The largest absolute Gasteiger partial charge is 0.334 e. The van der Waals surface area contributed by atoms with Gasteiger partial charge < -0.3 is 19.3 Å². The highest BCUT2D eigenvalue weighted by molar-refractivity contribution is 6.11. The number of benzene rings is 10. The molecule has 11 aromatic rings. The molecule has 3 unspecified atom stereocenters. The average Bonchev–Trinajstić information content (AvgIpc) is 3.96. The predicted molar refractivity (Wildman–Crippen MR) is 304 cm³/mol. The molecule has 2 heterocycles. The lowest BCUT2D eigenvalue weighted by molar-refractivity contribution is 0.744. The van der Waals surface area contributed by atoms with E-state index in [2.05, 4.69) is 292 Å². The van der Waals surface area contributed by atoms with Crippen molar-refractivity contribution in [2.45, 2.75) is 24.4 Å². The van der Waals surface area contributed by atoms with Gasteiger partial charge in [0.05, 0.1) is 28.8 Å². The molecule has 0 saturated heterocycles. The Morgan fingerprint density at radius 2 is 1.04 bits per heavy atom. The van der Waals surface area contributed by atoms with Crippen molar-refractivity contribution >= 4 is 88.7 Å². The molecular weight excluding hydrogens is 873 g/mol. The van der Waals surface area contributed by atoms with E-state index in [4.69, 9.17) is 0 Å². The molecule has 0 fully saturated rings. The first-order valence-electron chi connectivity index (χ1n) is 25.2. The first-order chi connectivity index (χ1) is 35.7. The fourth-order valence-electron chi connectivity index (χ4n) is 11.9. The standard InChI is InChI=1S/C68H50N4/c1-3-21-51(22-4-1)71-65-29-13-11-27-59(65)61-45-55(41-43-67(61)71)69(63-31-15-19-49-17-7-9-25-57(49)63)53-37-33-47(34-38-53)48-35-39-54(40-36-48)70(64-32-16-20-50-18-8-10-26-58(50)64)56-42-44-68-62(46-56)60-28-12-14-30-66(60)72(68)52-23-5-2-6-24-52/h1-39,41-46,54,60,66H,40H2. The van der Waals surface area contributed by atoms with Crippen LogP contribution in [0.4, 0.5) is 39.8 Å². The Kier molecular flexibility index (Phi) is 10.1. The van der Waals surface area contributed by atoms with Gasteiger partial charge >= 0.3 is 0 Å². The summed E-state index contributed by atoms with van der Waals surface area (Å²) in [5.74, 6) is 0.261. The highest BCUT2D eigenvalue weighted by Crippen LogP contribution is 2.50. The molecule has 4 heteroatoms. The van der Waals surface area contributed by atoms with E-state index in [0.717, 1.165) is 29.2 Å². The molecule has 0 saturated carbocycles. The monoisotopic (exact) mass is 922 g/mol. The van der Waals surface area contributed by atoms with Crippen LogP contribution in [0.1, 0.15) is 23.5 Å². The van der Waals surface area contributed by atoms with E-state index in [1.165, 1.54) is 82.8 Å². The van der Waals surface area contributed by atoms with Gasteiger partial charge in [0.15, 0.2) is 0 Å². The Balaban J connectivity index is 0.828. The Bertz CT molecular complexity index is 3980. The number of aromatic nitrogens is 1. The molecule has 0 N–H and O–H groups in total. The number of para-hydroxylation sites is 3. The smallest absolute Gasteiger partial charge is 0.0629 e. The quantitative estimate of drug-likeness (QED) is 0.143. The zero-order chi connectivity index (χ0) is 47.5. The van der Waals surface area contributed by atoms with E-state index >= 15 is 0 Å². The molecular formula is C68H50N4. The van der Waals surface area contributed by atoms with E-state index < -0.39 is 0 Å². The molecule has 3 aliphatic rings. The summed E-state index contributed by atoms with van der Waals surface area (Å²) in [7, 11) is 0. The molecule has 72 heavy (non-hydrogen) atoms. The van der Waals surface area contributed by atoms with Crippen LogP contribution in [-0.4, -0.2) is 16.7 Å². The zero-order valence-corrected chi connectivity index (χ0v) is 39.7. The van der Waals surface area contributed by atoms with Crippen molar-refractivity contribution < 1.29 is 0 Å². The van der Waals surface area contributed by atoms with Gasteiger partial charge in [0.1, 0.15) is 0 Å². The molecule has 2 aliphatic carbocycles. The summed E-state index contributed by atoms with van der Waals surface area (Å²) in [5.41, 5.74) is 15.6. The van der Waals surface area contributed by atoms with Crippen LogP contribution >= 0.6 is 0 Å². The molecule has 1 aromatic heterocycles. The lowest BCUT2D eigenvalue weighted by atomic mass is 9.90. The van der Waals surface area contributed by atoms with Gasteiger partial charge in [-0.2, -0.15) is 0 Å². The second-order valence-corrected chi connectivity index (χ2v) is 19.2. The highest BCUT2D eigenvalue weighted by atomic mass is 15.2. The maximum absolute atomic E-state index is 2.58. The van der Waals surface area contributed by atoms with Crippen molar-refractivity contribution in [2.75, 3.05) is 14.7 Å². The first-order valence-corrected chi connectivity index (χ1v) is 25.2. The van der Waals surface area contributed by atoms with Crippen molar-refractivity contribution in [1.29, 1.82) is 0 Å². The van der Waals surface area contributed by atoms with E-state index in [9.17, 15) is 0 Å². The number of nitrogens with zero attached hydrogens (tertiary/aromatic N) is 4. The van der Waals surface area contributed by atoms with Crippen LogP contribution in [0.25, 0.3) is 54.6 Å². The summed E-state index contributed by atoms with van der Waals surface area (Å²) < 4.78 is 2.38. The maximum Gasteiger partial charge on any atom is 0.0629 e. The third kappa shape index (κ3) is 6.98. The molecule has 0 radical (unpaired) electrons. The summed E-state index contributed by atoms with van der Waals surface area (Å²) in [6.07, 6.45) is 17.2. The Morgan fingerprint density at radius 1 is 0.431 bits per heavy atom. The van der Waals surface area contributed by atoms with Crippen LogP contribution in [0.15, 0.2) is 273 Å². The Labute approximate surface area is 420 Å². The number of hydrogen-bond donors (Lipinski definition) is 0. The number of rotatable bonds is 9. The lowest BCUT2D eigenvalue weighted by Crippen LogP contribution is -2.30. The Morgan fingerprint density at radius 3 is 1.79 bits per heavy atom. The van der Waals surface area contributed by atoms with Crippen molar-refractivity contribution in [2.24, 2.45) is 0 Å². The van der Waals surface area contributed by atoms with Crippen molar-refractivity contribution in [3.8, 4) is 5.69 Å². The van der Waals surface area contributed by atoms with E-state index in [1.54, 1.807) is 0 Å². The topological polar surface area (TPSA) is 14.7 Å². The molecule has 342 valence electrons. The zero-order valence-electron chi connectivity index (χ0n) is 39.7. The Hall–Kier alpha value is -9.12. The summed E-state index contributed by atoms with van der Waals surface area (Å²) in [6, 6.07) is 84.8. The minimum atomic E-state index is 0.103. The number of fused-ring (bicyclic) bond motifs is 8. The number of allylic oxidation sites excluding steroid dienone is 4. The first kappa shape index (κ1) is 41.8. The summed E-state index contributed by atoms with van der Waals surface area (Å²) in [5, 5.41) is 7.37. The van der Waals surface area contributed by atoms with Crippen LogP contribution in [0, 0.1) is 0 Å². The van der Waals surface area contributed by atoms with Gasteiger partial charge in [-0.1, -0.05) is 182 Å². The molecule has 10 aromatic carbocycles. The molecule has 1 aliphatic heterocycles. The van der Waals surface area contributed by atoms with Crippen molar-refractivity contribution in [3.63, 3.8) is 0 Å². The van der Waals surface area contributed by atoms with E-state index in [1.807, 2.05) is 0 Å². The summed E-state index contributed by atoms with van der Waals surface area (Å²) in [4.78, 5) is 7.52. The minimum absolute atomic E-state index is 0.103. The average molecular weight is 923 g/mol. The molecule has 4 nitrogen and oxygen atoms in total. The normalized spacial score (nSPS) is 16.9. The molecule has 14 rings (SSSR count). The molecule has 0 spiro atoms. The molecule has 0 bridgehead atoms. The van der Waals surface area contributed by atoms with Gasteiger partial charge in [0, 0.05) is 67.3 Å². The van der Waals surface area contributed by atoms with Crippen LogP contribution in [-0.2, 0) is 0 Å². The van der Waals surface area contributed by atoms with Crippen molar-refractivity contribution in [1.82, 2.24) is 4.57 Å². The summed E-state index contributed by atoms with van der Waals surface area (Å²) >= 11 is 0. The van der Waals surface area contributed by atoms with Crippen LogP contribution < -0.4 is 14.7 Å². The van der Waals surface area contributed by atoms with Gasteiger partial charge in [0.25, 0.3) is 0 Å². The van der Waals surface area contributed by atoms with Crippen LogP contribution in [0.2, 0.25) is 0 Å². The number of hydrogen-bond acceptors (Lipinski definition) is 3. The molecule has 0 amide bonds. The maximum atomic E-state index is 2.58. The SMILES string of the molecule is C1=CC2c3cc(N(c4cccc5ccccc45)C4C=CC(c5ccc(N(c6ccc7c(c6)c6ccccc6n7-c6ccccc6)c6cccc7ccccc67)cc5)=CC4)ccc3N(c3ccccc3)C2C=C1. The lowest BCUT2D eigenvalue weighted by Gasteiger charge is -2.34. The third-order valence-electron chi connectivity index (χ3n) is 15.2. The van der Waals surface area contributed by atoms with Crippen molar-refractivity contribution in [3.05, 3.63) is 284 Å². The van der Waals surface area contributed by atoms with Crippen LogP contribution in [0.5, 0.6) is 0 Å². The fourth-order valence-corrected chi connectivity index (χ4v) is 11.9. The van der Waals surface area contributed by atoms with Gasteiger partial charge in [-0.25, -0.2) is 0 Å². The highest BCUT2D eigenvalue weighted by Gasteiger charge is 2.38. The second-order valence-electron chi connectivity index (χ2n) is 19.2. The molecule has 3 atom stereocenters. The minimum Gasteiger partial charge on any atom is -0.334 e. The predicted octanol–water partition coefficient (Wildman–Crippen LogP) is 17.8. The van der Waals surface area contributed by atoms with Gasteiger partial charge in [-0.3, -0.25) is 0 Å². The van der Waals surface area contributed by atoms with Gasteiger partial charge in [0.2, 0.25) is 0 Å². The fraction of sp³-hybridized carbons (Fsp3) is 0.0588.